The van der Waals surface area contributed by atoms with Gasteiger partial charge in [0.05, 0.1) is 28.8 Å². The average Bonchev–Trinajstić information content (AvgIpc) is 2.71. The fraction of sp³-hybridized carbons (Fsp3) is 0.391. The smallest absolute Gasteiger partial charge is 0.238 e. The molecule has 31 heavy (non-hydrogen) atoms. The van der Waals surface area contributed by atoms with E-state index >= 15 is 0 Å². The summed E-state index contributed by atoms with van der Waals surface area (Å²) in [4.78, 5) is 30.9. The van der Waals surface area contributed by atoms with Crippen molar-refractivity contribution in [3.05, 3.63) is 63.6 Å². The Morgan fingerprint density at radius 1 is 1.00 bits per heavy atom. The standard InChI is InChI=1S/C23H28Cl2N4O2/c1-17-5-3-6-18(13-17)14-28-9-11-29(12-10-28)22(31)16-27(2)15-21(30)26-23-19(24)7-4-8-20(23)25/h3-8,13H,9-12,14-16H2,1-2H3,(H,26,30). The summed E-state index contributed by atoms with van der Waals surface area (Å²) in [6, 6.07) is 13.6. The lowest BCUT2D eigenvalue weighted by molar-refractivity contribution is -0.134. The zero-order chi connectivity index (χ0) is 22.4. The number of carbonyl (C=O) groups is 2. The molecular formula is C23H28Cl2N4O2. The van der Waals surface area contributed by atoms with Crippen LogP contribution in [0.3, 0.4) is 0 Å². The van der Waals surface area contributed by atoms with E-state index in [4.69, 9.17) is 23.2 Å². The molecule has 1 fully saturated rings. The quantitative estimate of drug-likeness (QED) is 0.683. The summed E-state index contributed by atoms with van der Waals surface area (Å²) in [7, 11) is 1.75. The van der Waals surface area contributed by atoms with Gasteiger partial charge in [0.2, 0.25) is 11.8 Å². The van der Waals surface area contributed by atoms with Gasteiger partial charge in [-0.2, -0.15) is 0 Å². The number of anilines is 1. The van der Waals surface area contributed by atoms with Crippen LogP contribution in [0.4, 0.5) is 5.69 Å². The monoisotopic (exact) mass is 462 g/mol. The van der Waals surface area contributed by atoms with Crippen LogP contribution in [-0.4, -0.2) is 72.8 Å². The summed E-state index contributed by atoms with van der Waals surface area (Å²) in [5, 5.41) is 3.47. The summed E-state index contributed by atoms with van der Waals surface area (Å²) in [6.45, 7) is 6.32. The van der Waals surface area contributed by atoms with Crippen molar-refractivity contribution in [2.75, 3.05) is 51.6 Å². The van der Waals surface area contributed by atoms with E-state index in [0.717, 1.165) is 19.6 Å². The molecule has 0 atom stereocenters. The normalized spacial score (nSPS) is 14.7. The molecule has 8 heteroatoms. The Morgan fingerprint density at radius 2 is 1.65 bits per heavy atom. The number of nitrogens with zero attached hydrogens (tertiary/aromatic N) is 3. The SMILES string of the molecule is Cc1cccc(CN2CCN(C(=O)CN(C)CC(=O)Nc3c(Cl)cccc3Cl)CC2)c1. The number of rotatable bonds is 7. The Balaban J connectivity index is 1.42. The van der Waals surface area contributed by atoms with Crippen LogP contribution in [0.5, 0.6) is 0 Å². The van der Waals surface area contributed by atoms with Crippen LogP contribution in [0, 0.1) is 6.92 Å². The molecule has 1 aliphatic heterocycles. The first kappa shape index (κ1) is 23.5. The molecule has 0 spiro atoms. The Bertz CT molecular complexity index is 909. The summed E-state index contributed by atoms with van der Waals surface area (Å²) in [5.41, 5.74) is 2.94. The van der Waals surface area contributed by atoms with Crippen LogP contribution in [0.1, 0.15) is 11.1 Å². The van der Waals surface area contributed by atoms with E-state index in [1.54, 1.807) is 30.1 Å². The third-order valence-corrected chi connectivity index (χ3v) is 5.89. The van der Waals surface area contributed by atoms with E-state index in [2.05, 4.69) is 41.4 Å². The Hall–Kier alpha value is -2.12. The topological polar surface area (TPSA) is 55.9 Å². The second kappa shape index (κ2) is 11.0. The van der Waals surface area contributed by atoms with Crippen LogP contribution < -0.4 is 5.32 Å². The van der Waals surface area contributed by atoms with Crippen molar-refractivity contribution >= 4 is 40.7 Å². The Labute approximate surface area is 193 Å². The first-order valence-electron chi connectivity index (χ1n) is 10.3. The number of hydrogen-bond donors (Lipinski definition) is 1. The summed E-state index contributed by atoms with van der Waals surface area (Å²) in [6.07, 6.45) is 0. The van der Waals surface area contributed by atoms with Gasteiger partial charge in [0, 0.05) is 32.7 Å². The molecule has 2 amide bonds. The van der Waals surface area contributed by atoms with Gasteiger partial charge in [0.1, 0.15) is 0 Å². The van der Waals surface area contributed by atoms with E-state index < -0.39 is 0 Å². The second-order valence-corrected chi connectivity index (χ2v) is 8.78. The maximum Gasteiger partial charge on any atom is 0.238 e. The number of nitrogens with one attached hydrogen (secondary N) is 1. The predicted octanol–water partition coefficient (Wildman–Crippen LogP) is 3.52. The highest BCUT2D eigenvalue weighted by Gasteiger charge is 2.22. The number of benzene rings is 2. The minimum absolute atomic E-state index is 0.0290. The van der Waals surface area contributed by atoms with Crippen LogP contribution in [-0.2, 0) is 16.1 Å². The minimum atomic E-state index is -0.270. The maximum absolute atomic E-state index is 12.7. The number of halogens is 2. The van der Waals surface area contributed by atoms with Crippen molar-refractivity contribution < 1.29 is 9.59 Å². The van der Waals surface area contributed by atoms with Gasteiger partial charge in [-0.3, -0.25) is 19.4 Å². The van der Waals surface area contributed by atoms with E-state index in [1.165, 1.54) is 11.1 Å². The molecule has 0 aliphatic carbocycles. The summed E-state index contributed by atoms with van der Waals surface area (Å²) < 4.78 is 0. The van der Waals surface area contributed by atoms with E-state index in [-0.39, 0.29) is 24.9 Å². The van der Waals surface area contributed by atoms with Gasteiger partial charge in [0.15, 0.2) is 0 Å². The maximum atomic E-state index is 12.7. The second-order valence-electron chi connectivity index (χ2n) is 7.96. The zero-order valence-electron chi connectivity index (χ0n) is 17.9. The zero-order valence-corrected chi connectivity index (χ0v) is 19.4. The van der Waals surface area contributed by atoms with Crippen molar-refractivity contribution in [1.29, 1.82) is 0 Å². The summed E-state index contributed by atoms with van der Waals surface area (Å²) in [5.74, 6) is -0.241. The number of amides is 2. The summed E-state index contributed by atoms with van der Waals surface area (Å²) >= 11 is 12.2. The lowest BCUT2D eigenvalue weighted by atomic mass is 10.1. The van der Waals surface area contributed by atoms with Crippen molar-refractivity contribution in [3.8, 4) is 0 Å². The number of para-hydroxylation sites is 1. The molecule has 0 saturated carbocycles. The molecule has 0 aromatic heterocycles. The lowest BCUT2D eigenvalue weighted by Crippen LogP contribution is -2.51. The molecule has 2 aromatic rings. The van der Waals surface area contributed by atoms with Crippen molar-refractivity contribution in [3.63, 3.8) is 0 Å². The van der Waals surface area contributed by atoms with Crippen LogP contribution >= 0.6 is 23.2 Å². The van der Waals surface area contributed by atoms with Gasteiger partial charge in [-0.15, -0.1) is 0 Å². The van der Waals surface area contributed by atoms with Gasteiger partial charge in [0.25, 0.3) is 0 Å². The minimum Gasteiger partial charge on any atom is -0.339 e. The third-order valence-electron chi connectivity index (χ3n) is 5.26. The van der Waals surface area contributed by atoms with Gasteiger partial charge < -0.3 is 10.2 Å². The van der Waals surface area contributed by atoms with Gasteiger partial charge >= 0.3 is 0 Å². The molecule has 2 aromatic carbocycles. The first-order valence-corrected chi connectivity index (χ1v) is 11.1. The molecule has 0 unspecified atom stereocenters. The molecule has 0 radical (unpaired) electrons. The number of carbonyl (C=O) groups excluding carboxylic acids is 2. The van der Waals surface area contributed by atoms with E-state index in [1.807, 2.05) is 4.90 Å². The van der Waals surface area contributed by atoms with Crippen molar-refractivity contribution in [1.82, 2.24) is 14.7 Å². The predicted molar refractivity (Wildman–Crippen MR) is 126 cm³/mol. The largest absolute Gasteiger partial charge is 0.339 e. The molecule has 1 heterocycles. The van der Waals surface area contributed by atoms with Gasteiger partial charge in [-0.1, -0.05) is 59.1 Å². The molecule has 0 bridgehead atoms. The van der Waals surface area contributed by atoms with Crippen LogP contribution in [0.15, 0.2) is 42.5 Å². The van der Waals surface area contributed by atoms with Crippen molar-refractivity contribution in [2.24, 2.45) is 0 Å². The first-order chi connectivity index (χ1) is 14.8. The van der Waals surface area contributed by atoms with Crippen molar-refractivity contribution in [2.45, 2.75) is 13.5 Å². The van der Waals surface area contributed by atoms with Gasteiger partial charge in [-0.05, 0) is 31.7 Å². The van der Waals surface area contributed by atoms with Crippen LogP contribution in [0.25, 0.3) is 0 Å². The lowest BCUT2D eigenvalue weighted by Gasteiger charge is -2.35. The molecular weight excluding hydrogens is 435 g/mol. The molecule has 166 valence electrons. The Kier molecular flexibility index (Phi) is 8.32. The number of aryl methyl sites for hydroxylation is 1. The molecule has 1 aliphatic rings. The average molecular weight is 463 g/mol. The van der Waals surface area contributed by atoms with Gasteiger partial charge in [-0.25, -0.2) is 0 Å². The fourth-order valence-electron chi connectivity index (χ4n) is 3.65. The molecule has 1 N–H and O–H groups in total. The van der Waals surface area contributed by atoms with E-state index in [9.17, 15) is 9.59 Å². The fourth-order valence-corrected chi connectivity index (χ4v) is 4.14. The number of hydrogen-bond acceptors (Lipinski definition) is 4. The van der Waals surface area contributed by atoms with E-state index in [0.29, 0.717) is 28.8 Å². The highest BCUT2D eigenvalue weighted by molar-refractivity contribution is 6.39. The highest BCUT2D eigenvalue weighted by Crippen LogP contribution is 2.29. The molecule has 6 nitrogen and oxygen atoms in total. The van der Waals surface area contributed by atoms with Crippen LogP contribution in [0.2, 0.25) is 10.0 Å². The Morgan fingerprint density at radius 3 is 2.29 bits per heavy atom. The highest BCUT2D eigenvalue weighted by atomic mass is 35.5. The number of likely N-dealkylation sites (N-methyl/N-ethyl adjacent to an activating group) is 1. The molecule has 1 saturated heterocycles. The third kappa shape index (κ3) is 6.94. The molecule has 3 rings (SSSR count). The number of piperazine rings is 1.